The van der Waals surface area contributed by atoms with Gasteiger partial charge < -0.3 is 9.05 Å². The minimum absolute atomic E-state index is 0.0540. The Bertz CT molecular complexity index is 553. The summed E-state index contributed by atoms with van der Waals surface area (Å²) in [5.74, 6) is -0.462. The van der Waals surface area contributed by atoms with Crippen LogP contribution in [0.1, 0.15) is 44.0 Å². The highest BCUT2D eigenvalue weighted by Crippen LogP contribution is 2.62. The van der Waals surface area contributed by atoms with Crippen LogP contribution in [-0.2, 0) is 18.4 Å². The molecular formula is C16H26NO5P. The van der Waals surface area contributed by atoms with Gasteiger partial charge in [0.1, 0.15) is 0 Å². The van der Waals surface area contributed by atoms with Crippen molar-refractivity contribution in [3.05, 3.63) is 35.4 Å². The zero-order valence-electron chi connectivity index (χ0n) is 14.2. The normalized spacial score (nSPS) is 12.9. The summed E-state index contributed by atoms with van der Waals surface area (Å²) in [7, 11) is -3.41. The van der Waals surface area contributed by atoms with Crippen molar-refractivity contribution in [2.45, 2.75) is 39.8 Å². The van der Waals surface area contributed by atoms with Crippen LogP contribution in [0, 0.1) is 6.92 Å². The van der Waals surface area contributed by atoms with Gasteiger partial charge in [-0.1, -0.05) is 24.3 Å². The number of hydroxylamine groups is 2. The SMILES string of the molecule is CCOP(=O)(OCC)C(CCN(O)C(C)=O)c1ccccc1C. The van der Waals surface area contributed by atoms with Gasteiger partial charge >= 0.3 is 7.60 Å². The predicted molar refractivity (Wildman–Crippen MR) is 88.6 cm³/mol. The van der Waals surface area contributed by atoms with E-state index in [2.05, 4.69) is 0 Å². The molecule has 0 heterocycles. The Hall–Kier alpha value is -1.20. The number of hydrogen-bond acceptors (Lipinski definition) is 5. The van der Waals surface area contributed by atoms with Gasteiger partial charge in [-0.3, -0.25) is 14.6 Å². The molecule has 23 heavy (non-hydrogen) atoms. The Labute approximate surface area is 137 Å². The molecule has 0 aliphatic rings. The molecule has 7 heteroatoms. The third-order valence-corrected chi connectivity index (χ3v) is 6.06. The van der Waals surface area contributed by atoms with Gasteiger partial charge in [0.2, 0.25) is 5.91 Å². The zero-order chi connectivity index (χ0) is 17.5. The summed E-state index contributed by atoms with van der Waals surface area (Å²) in [5.41, 5.74) is 1.26. The molecule has 130 valence electrons. The average molecular weight is 343 g/mol. The number of hydrogen-bond donors (Lipinski definition) is 1. The first-order valence-electron chi connectivity index (χ1n) is 7.77. The predicted octanol–water partition coefficient (Wildman–Crippen LogP) is 3.93. The molecule has 1 amide bonds. The van der Waals surface area contributed by atoms with Gasteiger partial charge in [0.15, 0.2) is 0 Å². The molecule has 0 fully saturated rings. The minimum Gasteiger partial charge on any atom is -0.308 e. The third-order valence-electron chi connectivity index (χ3n) is 3.53. The molecule has 0 saturated heterocycles. The van der Waals surface area contributed by atoms with Crippen molar-refractivity contribution in [2.75, 3.05) is 19.8 Å². The topological polar surface area (TPSA) is 76.1 Å². The van der Waals surface area contributed by atoms with Crippen LogP contribution in [0.2, 0.25) is 0 Å². The second-order valence-corrected chi connectivity index (χ2v) is 7.40. The molecule has 6 nitrogen and oxygen atoms in total. The highest BCUT2D eigenvalue weighted by atomic mass is 31.2. The fourth-order valence-electron chi connectivity index (χ4n) is 2.42. The van der Waals surface area contributed by atoms with Gasteiger partial charge in [-0.2, -0.15) is 0 Å². The summed E-state index contributed by atoms with van der Waals surface area (Å²) >= 11 is 0. The Balaban J connectivity index is 3.17. The van der Waals surface area contributed by atoms with Crippen LogP contribution in [0.5, 0.6) is 0 Å². The number of nitrogens with zero attached hydrogens (tertiary/aromatic N) is 1. The van der Waals surface area contributed by atoms with E-state index in [1.165, 1.54) is 6.92 Å². The van der Waals surface area contributed by atoms with Crippen molar-refractivity contribution in [3.63, 3.8) is 0 Å². The zero-order valence-corrected chi connectivity index (χ0v) is 15.1. The van der Waals surface area contributed by atoms with Crippen LogP contribution in [-0.4, -0.2) is 35.9 Å². The number of benzene rings is 1. The van der Waals surface area contributed by atoms with E-state index in [9.17, 15) is 14.6 Å². The standard InChI is InChI=1S/C16H26NO5P/c1-5-21-23(20,22-6-2)16(11-12-17(19)14(4)18)15-10-8-7-9-13(15)3/h7-10,16,19H,5-6,11-12H2,1-4H3. The van der Waals surface area contributed by atoms with E-state index in [-0.39, 0.29) is 26.2 Å². The van der Waals surface area contributed by atoms with E-state index in [1.54, 1.807) is 13.8 Å². The van der Waals surface area contributed by atoms with Crippen molar-refractivity contribution >= 4 is 13.5 Å². The van der Waals surface area contributed by atoms with Crippen LogP contribution < -0.4 is 0 Å². The van der Waals surface area contributed by atoms with E-state index in [1.807, 2.05) is 31.2 Å². The Morgan fingerprint density at radius 2 is 1.83 bits per heavy atom. The number of carbonyl (C=O) groups is 1. The quantitative estimate of drug-likeness (QED) is 0.418. The lowest BCUT2D eigenvalue weighted by atomic mass is 10.0. The lowest BCUT2D eigenvalue weighted by molar-refractivity contribution is -0.162. The summed E-state index contributed by atoms with van der Waals surface area (Å²) in [6.07, 6.45) is 0.276. The van der Waals surface area contributed by atoms with Crippen molar-refractivity contribution in [2.24, 2.45) is 0 Å². The Kier molecular flexibility index (Phi) is 7.92. The largest absolute Gasteiger partial charge is 0.338 e. The van der Waals surface area contributed by atoms with Crippen LogP contribution >= 0.6 is 7.60 Å². The first-order chi connectivity index (χ1) is 10.9. The number of aryl methyl sites for hydroxylation is 1. The molecule has 0 bridgehead atoms. The highest BCUT2D eigenvalue weighted by Gasteiger charge is 2.37. The summed E-state index contributed by atoms with van der Waals surface area (Å²) in [5, 5.41) is 10.2. The molecule has 0 radical (unpaired) electrons. The number of amides is 1. The van der Waals surface area contributed by atoms with Gasteiger partial charge in [0, 0.05) is 13.5 Å². The van der Waals surface area contributed by atoms with Crippen LogP contribution in [0.25, 0.3) is 0 Å². The maximum atomic E-state index is 13.2. The molecule has 1 rings (SSSR count). The summed E-state index contributed by atoms with van der Waals surface area (Å²) in [6.45, 7) is 7.28. The Morgan fingerprint density at radius 3 is 2.30 bits per heavy atom. The van der Waals surface area contributed by atoms with E-state index in [4.69, 9.17) is 9.05 Å². The van der Waals surface area contributed by atoms with Crippen LogP contribution in [0.15, 0.2) is 24.3 Å². The maximum Gasteiger partial charge on any atom is 0.338 e. The second kappa shape index (κ2) is 9.18. The van der Waals surface area contributed by atoms with Crippen molar-refractivity contribution < 1.29 is 23.6 Å². The van der Waals surface area contributed by atoms with E-state index in [0.29, 0.717) is 5.06 Å². The summed E-state index contributed by atoms with van der Waals surface area (Å²) < 4.78 is 24.2. The van der Waals surface area contributed by atoms with Crippen LogP contribution in [0.4, 0.5) is 0 Å². The summed E-state index contributed by atoms with van der Waals surface area (Å²) in [6, 6.07) is 7.56. The first-order valence-corrected chi connectivity index (χ1v) is 9.38. The Morgan fingerprint density at radius 1 is 1.26 bits per heavy atom. The molecule has 1 unspecified atom stereocenters. The van der Waals surface area contributed by atoms with Crippen molar-refractivity contribution in [1.82, 2.24) is 5.06 Å². The molecule has 0 aliphatic heterocycles. The van der Waals surface area contributed by atoms with E-state index < -0.39 is 19.2 Å². The maximum absolute atomic E-state index is 13.2. The molecule has 0 aromatic heterocycles. The van der Waals surface area contributed by atoms with E-state index >= 15 is 0 Å². The molecule has 1 aromatic carbocycles. The number of rotatable bonds is 9. The van der Waals surface area contributed by atoms with Gasteiger partial charge in [0.25, 0.3) is 0 Å². The number of carbonyl (C=O) groups excluding carboxylic acids is 1. The lowest BCUT2D eigenvalue weighted by Crippen LogP contribution is -2.27. The van der Waals surface area contributed by atoms with Gasteiger partial charge in [-0.25, -0.2) is 5.06 Å². The highest BCUT2D eigenvalue weighted by molar-refractivity contribution is 7.54. The fraction of sp³-hybridized carbons (Fsp3) is 0.562. The molecular weight excluding hydrogens is 317 g/mol. The molecule has 0 saturated carbocycles. The third kappa shape index (κ3) is 5.43. The monoisotopic (exact) mass is 343 g/mol. The van der Waals surface area contributed by atoms with Gasteiger partial charge in [-0.05, 0) is 38.3 Å². The molecule has 0 aliphatic carbocycles. The lowest BCUT2D eigenvalue weighted by Gasteiger charge is -2.28. The first kappa shape index (κ1) is 19.8. The fourth-order valence-corrected chi connectivity index (χ4v) is 4.64. The van der Waals surface area contributed by atoms with Crippen molar-refractivity contribution in [3.8, 4) is 0 Å². The molecule has 1 aromatic rings. The van der Waals surface area contributed by atoms with Gasteiger partial charge in [0.05, 0.1) is 18.9 Å². The average Bonchev–Trinajstić information content (AvgIpc) is 2.49. The molecule has 0 spiro atoms. The van der Waals surface area contributed by atoms with Gasteiger partial charge in [-0.15, -0.1) is 0 Å². The summed E-state index contributed by atoms with van der Waals surface area (Å²) in [4.78, 5) is 11.2. The second-order valence-electron chi connectivity index (χ2n) is 5.18. The minimum atomic E-state index is -3.41. The molecule has 1 N–H and O–H groups in total. The van der Waals surface area contributed by atoms with Crippen LogP contribution in [0.3, 0.4) is 0 Å². The molecule has 1 atom stereocenters. The smallest absolute Gasteiger partial charge is 0.308 e. The van der Waals surface area contributed by atoms with Crippen molar-refractivity contribution in [1.29, 1.82) is 0 Å². The van der Waals surface area contributed by atoms with E-state index in [0.717, 1.165) is 11.1 Å².